The summed E-state index contributed by atoms with van der Waals surface area (Å²) in [7, 11) is 0. The van der Waals surface area contributed by atoms with Gasteiger partial charge in [-0.15, -0.1) is 21.5 Å². The molecule has 0 saturated carbocycles. The van der Waals surface area contributed by atoms with Gasteiger partial charge in [0.2, 0.25) is 5.13 Å². The Balaban J connectivity index is 1.87. The molecule has 6 heteroatoms. The van der Waals surface area contributed by atoms with Gasteiger partial charge in [0.15, 0.2) is 0 Å². The van der Waals surface area contributed by atoms with Crippen LogP contribution in [-0.2, 0) is 0 Å². The van der Waals surface area contributed by atoms with Crippen LogP contribution in [0.1, 0.15) is 15.2 Å². The first kappa shape index (κ1) is 13.0. The van der Waals surface area contributed by atoms with Gasteiger partial charge in [0.05, 0.1) is 4.88 Å². The molecule has 3 aromatic rings. The largest absolute Gasteiger partial charge is 0.296 e. The Bertz CT molecular complexity index is 720. The number of amides is 1. The molecule has 0 aliphatic heterocycles. The maximum atomic E-state index is 12.1. The van der Waals surface area contributed by atoms with Gasteiger partial charge in [-0.2, -0.15) is 0 Å². The summed E-state index contributed by atoms with van der Waals surface area (Å²) in [5, 5.41) is 10.8. The molecule has 2 heterocycles. The number of nitrogens with one attached hydrogen (secondary N) is 1. The molecule has 0 saturated heterocycles. The van der Waals surface area contributed by atoms with Crippen molar-refractivity contribution in [3.8, 4) is 10.4 Å². The van der Waals surface area contributed by atoms with Crippen LogP contribution < -0.4 is 5.32 Å². The van der Waals surface area contributed by atoms with Gasteiger partial charge >= 0.3 is 0 Å². The first-order chi connectivity index (χ1) is 9.74. The average molecular weight is 301 g/mol. The fourth-order valence-electron chi connectivity index (χ4n) is 1.86. The summed E-state index contributed by atoms with van der Waals surface area (Å²) in [4.78, 5) is 13.9. The number of anilines is 1. The maximum Gasteiger partial charge on any atom is 0.267 e. The maximum absolute atomic E-state index is 12.1. The lowest BCUT2D eigenvalue weighted by molar-refractivity contribution is 0.103. The van der Waals surface area contributed by atoms with E-state index in [4.69, 9.17) is 0 Å². The second-order valence-electron chi connectivity index (χ2n) is 4.19. The molecule has 1 amide bonds. The van der Waals surface area contributed by atoms with Gasteiger partial charge in [0.25, 0.3) is 5.91 Å². The van der Waals surface area contributed by atoms with E-state index in [1.807, 2.05) is 43.3 Å². The minimum atomic E-state index is -0.142. The minimum absolute atomic E-state index is 0.142. The average Bonchev–Trinajstić information content (AvgIpc) is 3.09. The van der Waals surface area contributed by atoms with Gasteiger partial charge < -0.3 is 0 Å². The van der Waals surface area contributed by atoms with E-state index in [0.717, 1.165) is 16.0 Å². The SMILES string of the molecule is Cc1cc(C(=O)Nc2nncs2)sc1-c1ccccc1. The number of carbonyl (C=O) groups excluding carboxylic acids is 1. The highest BCUT2D eigenvalue weighted by atomic mass is 32.1. The number of nitrogens with zero attached hydrogens (tertiary/aromatic N) is 2. The van der Waals surface area contributed by atoms with Crippen LogP contribution in [-0.4, -0.2) is 16.1 Å². The number of benzene rings is 1. The lowest BCUT2D eigenvalue weighted by Gasteiger charge is -1.98. The Morgan fingerprint density at radius 1 is 1.25 bits per heavy atom. The zero-order valence-electron chi connectivity index (χ0n) is 10.7. The van der Waals surface area contributed by atoms with Gasteiger partial charge in [-0.25, -0.2) is 0 Å². The zero-order chi connectivity index (χ0) is 13.9. The van der Waals surface area contributed by atoms with Gasteiger partial charge in [0.1, 0.15) is 5.51 Å². The second kappa shape index (κ2) is 5.52. The summed E-state index contributed by atoms with van der Waals surface area (Å²) in [6.45, 7) is 2.01. The van der Waals surface area contributed by atoms with Crippen molar-refractivity contribution in [2.45, 2.75) is 6.92 Å². The molecule has 0 aliphatic carbocycles. The third-order valence-corrected chi connectivity index (χ3v) is 4.65. The van der Waals surface area contributed by atoms with Crippen molar-refractivity contribution in [2.75, 3.05) is 5.32 Å². The molecule has 0 fully saturated rings. The lowest BCUT2D eigenvalue weighted by atomic mass is 10.1. The quantitative estimate of drug-likeness (QED) is 0.800. The molecule has 1 aromatic carbocycles. The molecule has 0 unspecified atom stereocenters. The number of hydrogen-bond donors (Lipinski definition) is 1. The highest BCUT2D eigenvalue weighted by Gasteiger charge is 2.14. The third kappa shape index (κ3) is 2.61. The molecule has 0 aliphatic rings. The normalized spacial score (nSPS) is 10.4. The summed E-state index contributed by atoms with van der Waals surface area (Å²) in [6.07, 6.45) is 0. The number of aromatic nitrogens is 2. The highest BCUT2D eigenvalue weighted by Crippen LogP contribution is 2.32. The molecule has 0 spiro atoms. The Morgan fingerprint density at radius 3 is 2.75 bits per heavy atom. The van der Waals surface area contributed by atoms with Crippen LogP contribution in [0.3, 0.4) is 0 Å². The summed E-state index contributed by atoms with van der Waals surface area (Å²) in [5.74, 6) is -0.142. The fourth-order valence-corrected chi connectivity index (χ4v) is 3.37. The smallest absolute Gasteiger partial charge is 0.267 e. The van der Waals surface area contributed by atoms with E-state index in [2.05, 4.69) is 15.5 Å². The van der Waals surface area contributed by atoms with E-state index >= 15 is 0 Å². The number of hydrogen-bond acceptors (Lipinski definition) is 5. The lowest BCUT2D eigenvalue weighted by Crippen LogP contribution is -2.09. The number of aryl methyl sites for hydroxylation is 1. The van der Waals surface area contributed by atoms with E-state index in [0.29, 0.717) is 10.0 Å². The van der Waals surface area contributed by atoms with Crippen LogP contribution >= 0.6 is 22.7 Å². The van der Waals surface area contributed by atoms with Crippen molar-refractivity contribution < 1.29 is 4.79 Å². The number of thiophene rings is 1. The van der Waals surface area contributed by atoms with Crippen molar-refractivity contribution >= 4 is 33.7 Å². The molecule has 0 atom stereocenters. The van der Waals surface area contributed by atoms with Gasteiger partial charge in [-0.1, -0.05) is 41.7 Å². The summed E-state index contributed by atoms with van der Waals surface area (Å²) >= 11 is 2.79. The van der Waals surface area contributed by atoms with Gasteiger partial charge in [0, 0.05) is 4.88 Å². The first-order valence-corrected chi connectivity index (χ1v) is 7.67. The van der Waals surface area contributed by atoms with E-state index in [1.165, 1.54) is 22.7 Å². The predicted octanol–water partition coefficient (Wildman–Crippen LogP) is 3.83. The van der Waals surface area contributed by atoms with Crippen LogP contribution in [0.2, 0.25) is 0 Å². The Morgan fingerprint density at radius 2 is 2.05 bits per heavy atom. The third-order valence-electron chi connectivity index (χ3n) is 2.76. The highest BCUT2D eigenvalue weighted by molar-refractivity contribution is 7.18. The molecular weight excluding hydrogens is 290 g/mol. The molecular formula is C14H11N3OS2. The molecule has 100 valence electrons. The number of rotatable bonds is 3. The molecule has 1 N–H and O–H groups in total. The van der Waals surface area contributed by atoms with Crippen molar-refractivity contribution in [1.29, 1.82) is 0 Å². The zero-order valence-corrected chi connectivity index (χ0v) is 12.3. The monoisotopic (exact) mass is 301 g/mol. The Labute approximate surface area is 124 Å². The van der Waals surface area contributed by atoms with Crippen LogP contribution in [0.15, 0.2) is 41.9 Å². The van der Waals surface area contributed by atoms with Gasteiger partial charge in [-0.05, 0) is 24.1 Å². The molecule has 2 aromatic heterocycles. The summed E-state index contributed by atoms with van der Waals surface area (Å²) < 4.78 is 0. The summed E-state index contributed by atoms with van der Waals surface area (Å²) in [5.41, 5.74) is 3.82. The van der Waals surface area contributed by atoms with E-state index < -0.39 is 0 Å². The molecule has 0 radical (unpaired) electrons. The van der Waals surface area contributed by atoms with Crippen LogP contribution in [0.4, 0.5) is 5.13 Å². The molecule has 3 rings (SSSR count). The van der Waals surface area contributed by atoms with Crippen molar-refractivity contribution in [2.24, 2.45) is 0 Å². The molecule has 0 bridgehead atoms. The summed E-state index contributed by atoms with van der Waals surface area (Å²) in [6, 6.07) is 12.0. The van der Waals surface area contributed by atoms with E-state index in [1.54, 1.807) is 5.51 Å². The van der Waals surface area contributed by atoms with Crippen molar-refractivity contribution in [1.82, 2.24) is 10.2 Å². The predicted molar refractivity (Wildman–Crippen MR) is 82.4 cm³/mol. The Hall–Kier alpha value is -2.05. The van der Waals surface area contributed by atoms with Crippen molar-refractivity contribution in [3.63, 3.8) is 0 Å². The first-order valence-electron chi connectivity index (χ1n) is 5.97. The van der Waals surface area contributed by atoms with Gasteiger partial charge in [-0.3, -0.25) is 10.1 Å². The van der Waals surface area contributed by atoms with Crippen LogP contribution in [0.25, 0.3) is 10.4 Å². The minimum Gasteiger partial charge on any atom is -0.296 e. The van der Waals surface area contributed by atoms with Crippen LogP contribution in [0.5, 0.6) is 0 Å². The van der Waals surface area contributed by atoms with E-state index in [9.17, 15) is 4.79 Å². The standard InChI is InChI=1S/C14H11N3OS2/c1-9-7-11(13(18)16-14-17-15-8-19-14)20-12(9)10-5-3-2-4-6-10/h2-8H,1H3,(H,16,17,18). The van der Waals surface area contributed by atoms with E-state index in [-0.39, 0.29) is 5.91 Å². The van der Waals surface area contributed by atoms with Crippen LogP contribution in [0, 0.1) is 6.92 Å². The topological polar surface area (TPSA) is 54.9 Å². The molecule has 20 heavy (non-hydrogen) atoms. The van der Waals surface area contributed by atoms with Crippen molar-refractivity contribution in [3.05, 3.63) is 52.3 Å². The fraction of sp³-hybridized carbons (Fsp3) is 0.0714. The molecule has 4 nitrogen and oxygen atoms in total. The number of carbonyl (C=O) groups is 1. The Kier molecular flexibility index (Phi) is 3.58. The second-order valence-corrected chi connectivity index (χ2v) is 6.07.